The molecule has 170 valence electrons. The highest BCUT2D eigenvalue weighted by atomic mass is 19.1. The van der Waals surface area contributed by atoms with E-state index in [0.29, 0.717) is 0 Å². The number of carbonyl (C=O) groups excluding carboxylic acids is 3. The fraction of sp³-hybridized carbons (Fsp3) is 0.478. The van der Waals surface area contributed by atoms with Crippen molar-refractivity contribution in [2.45, 2.75) is 64.1 Å². The number of rotatable bonds is 5. The zero-order valence-corrected chi connectivity index (χ0v) is 18.3. The molecule has 32 heavy (non-hydrogen) atoms. The van der Waals surface area contributed by atoms with Crippen molar-refractivity contribution in [3.8, 4) is 0 Å². The van der Waals surface area contributed by atoms with Crippen LogP contribution >= 0.6 is 0 Å². The second-order valence-corrected chi connectivity index (χ2v) is 8.47. The van der Waals surface area contributed by atoms with Crippen molar-refractivity contribution in [1.29, 1.82) is 0 Å². The average molecular weight is 442 g/mol. The van der Waals surface area contributed by atoms with Gasteiger partial charge in [-0.05, 0) is 38.8 Å². The molecular formula is C23H27FN4O4. The molecule has 2 aromatic rings. The molecule has 1 atom stereocenters. The van der Waals surface area contributed by atoms with Crippen LogP contribution in [0.25, 0.3) is 0 Å². The lowest BCUT2D eigenvalue weighted by atomic mass is 9.91. The third kappa shape index (κ3) is 3.87. The molecule has 0 spiro atoms. The first-order chi connectivity index (χ1) is 15.3. The maximum Gasteiger partial charge on any atom is 0.358 e. The number of hydrogen-bond acceptors (Lipinski definition) is 5. The smallest absolute Gasteiger partial charge is 0.358 e. The Hall–Kier alpha value is -3.23. The molecule has 0 saturated heterocycles. The second-order valence-electron chi connectivity index (χ2n) is 8.47. The van der Waals surface area contributed by atoms with Crippen LogP contribution in [0.15, 0.2) is 30.3 Å². The molecule has 2 heterocycles. The van der Waals surface area contributed by atoms with Gasteiger partial charge in [-0.2, -0.15) is 5.10 Å². The van der Waals surface area contributed by atoms with E-state index in [1.807, 2.05) is 0 Å². The molecule has 8 nitrogen and oxygen atoms in total. The molecule has 1 saturated carbocycles. The van der Waals surface area contributed by atoms with Crippen molar-refractivity contribution in [1.82, 2.24) is 15.1 Å². The van der Waals surface area contributed by atoms with Crippen LogP contribution in [0.4, 0.5) is 10.1 Å². The molecule has 2 aliphatic rings. The summed E-state index contributed by atoms with van der Waals surface area (Å²) in [4.78, 5) is 40.4. The molecule has 1 N–H and O–H groups in total. The van der Waals surface area contributed by atoms with Gasteiger partial charge in [0.15, 0.2) is 5.69 Å². The van der Waals surface area contributed by atoms with Crippen LogP contribution in [0.3, 0.4) is 0 Å². The molecule has 1 fully saturated rings. The number of benzene rings is 1. The molecule has 9 heteroatoms. The van der Waals surface area contributed by atoms with Crippen LogP contribution < -0.4 is 10.2 Å². The number of halogens is 1. The molecule has 0 bridgehead atoms. The molecule has 1 aromatic carbocycles. The first-order valence-corrected chi connectivity index (χ1v) is 11.0. The van der Waals surface area contributed by atoms with Crippen LogP contribution in [-0.4, -0.2) is 45.8 Å². The van der Waals surface area contributed by atoms with Crippen molar-refractivity contribution in [3.05, 3.63) is 47.5 Å². The van der Waals surface area contributed by atoms with Gasteiger partial charge in [-0.15, -0.1) is 0 Å². The summed E-state index contributed by atoms with van der Waals surface area (Å²) in [7, 11) is 0. The number of amides is 2. The monoisotopic (exact) mass is 442 g/mol. The molecule has 0 radical (unpaired) electrons. The highest BCUT2D eigenvalue weighted by Crippen LogP contribution is 2.34. The standard InChI is InChI=1S/C23H27FN4O4/c1-3-32-21(30)17-13-19-20(29)28(18-12-8-7-11-16(18)24)23(2,14-27(19)26-17)22(31)25-15-9-5-4-6-10-15/h7-8,11-13,15H,3-6,9-10,14H2,1-2H3,(H,25,31)/t23-/m1/s1. The summed E-state index contributed by atoms with van der Waals surface area (Å²) < 4.78 is 21.1. The Morgan fingerprint density at radius 1 is 1.25 bits per heavy atom. The van der Waals surface area contributed by atoms with Gasteiger partial charge in [0.1, 0.15) is 17.1 Å². The Morgan fingerprint density at radius 3 is 2.66 bits per heavy atom. The summed E-state index contributed by atoms with van der Waals surface area (Å²) in [5, 5.41) is 7.28. The van der Waals surface area contributed by atoms with Crippen molar-refractivity contribution < 1.29 is 23.5 Å². The lowest BCUT2D eigenvalue weighted by Gasteiger charge is -2.44. The first kappa shape index (κ1) is 22.0. The molecule has 0 unspecified atom stereocenters. The molecule has 2 amide bonds. The Morgan fingerprint density at radius 2 is 1.97 bits per heavy atom. The second kappa shape index (κ2) is 8.72. The van der Waals surface area contributed by atoms with E-state index in [-0.39, 0.29) is 42.2 Å². The zero-order valence-electron chi connectivity index (χ0n) is 18.3. The fourth-order valence-corrected chi connectivity index (χ4v) is 4.48. The van der Waals surface area contributed by atoms with Crippen LogP contribution in [0.5, 0.6) is 0 Å². The average Bonchev–Trinajstić information content (AvgIpc) is 3.20. The van der Waals surface area contributed by atoms with E-state index in [1.165, 1.54) is 33.8 Å². The third-order valence-corrected chi connectivity index (χ3v) is 6.16. The number of aromatic nitrogens is 2. The van der Waals surface area contributed by atoms with Crippen LogP contribution in [-0.2, 0) is 16.1 Å². The summed E-state index contributed by atoms with van der Waals surface area (Å²) in [5.74, 6) is -2.25. The normalized spacial score (nSPS) is 21.2. The number of esters is 1. The topological polar surface area (TPSA) is 93.5 Å². The van der Waals surface area contributed by atoms with Gasteiger partial charge in [-0.1, -0.05) is 31.4 Å². The summed E-state index contributed by atoms with van der Waals surface area (Å²) in [6.07, 6.45) is 4.94. The van der Waals surface area contributed by atoms with Gasteiger partial charge in [-0.25, -0.2) is 9.18 Å². The summed E-state index contributed by atoms with van der Waals surface area (Å²) in [6, 6.07) is 7.19. The van der Waals surface area contributed by atoms with E-state index in [2.05, 4.69) is 10.4 Å². The van der Waals surface area contributed by atoms with Gasteiger partial charge in [-0.3, -0.25) is 19.2 Å². The minimum atomic E-state index is -1.44. The number of anilines is 1. The lowest BCUT2D eigenvalue weighted by molar-refractivity contribution is -0.127. The van der Waals surface area contributed by atoms with E-state index in [9.17, 15) is 18.8 Å². The van der Waals surface area contributed by atoms with Gasteiger partial charge < -0.3 is 10.1 Å². The lowest BCUT2D eigenvalue weighted by Crippen LogP contribution is -2.65. The number of carbonyl (C=O) groups is 3. The largest absolute Gasteiger partial charge is 0.461 e. The summed E-state index contributed by atoms with van der Waals surface area (Å²) in [6.45, 7) is 3.41. The number of fused-ring (bicyclic) bond motifs is 1. The number of hydrogen-bond donors (Lipinski definition) is 1. The first-order valence-electron chi connectivity index (χ1n) is 11.0. The predicted molar refractivity (Wildman–Crippen MR) is 115 cm³/mol. The Balaban J connectivity index is 1.75. The van der Waals surface area contributed by atoms with E-state index in [0.717, 1.165) is 32.1 Å². The number of nitrogens with one attached hydrogen (secondary N) is 1. The molecule has 1 aromatic heterocycles. The van der Waals surface area contributed by atoms with Gasteiger partial charge >= 0.3 is 5.97 Å². The van der Waals surface area contributed by atoms with Crippen molar-refractivity contribution in [3.63, 3.8) is 0 Å². The molecule has 1 aliphatic heterocycles. The Bertz CT molecular complexity index is 1050. The highest BCUT2D eigenvalue weighted by Gasteiger charge is 2.50. The number of para-hydroxylation sites is 1. The fourth-order valence-electron chi connectivity index (χ4n) is 4.48. The van der Waals surface area contributed by atoms with E-state index in [1.54, 1.807) is 19.9 Å². The number of nitrogens with zero attached hydrogens (tertiary/aromatic N) is 3. The van der Waals surface area contributed by atoms with Gasteiger partial charge in [0, 0.05) is 12.1 Å². The zero-order chi connectivity index (χ0) is 22.9. The van der Waals surface area contributed by atoms with E-state index in [4.69, 9.17) is 4.74 Å². The van der Waals surface area contributed by atoms with Crippen molar-refractivity contribution in [2.24, 2.45) is 0 Å². The van der Waals surface area contributed by atoms with Gasteiger partial charge in [0.05, 0.1) is 18.8 Å². The molecule has 4 rings (SSSR count). The minimum Gasteiger partial charge on any atom is -0.461 e. The summed E-state index contributed by atoms with van der Waals surface area (Å²) >= 11 is 0. The molecular weight excluding hydrogens is 415 g/mol. The van der Waals surface area contributed by atoms with Crippen LogP contribution in [0, 0.1) is 5.82 Å². The number of ether oxygens (including phenoxy) is 1. The van der Waals surface area contributed by atoms with Crippen LogP contribution in [0.1, 0.15) is 66.9 Å². The summed E-state index contributed by atoms with van der Waals surface area (Å²) in [5.41, 5.74) is -1.37. The highest BCUT2D eigenvalue weighted by molar-refractivity contribution is 6.12. The quantitative estimate of drug-likeness (QED) is 0.719. The molecule has 1 aliphatic carbocycles. The maximum atomic E-state index is 14.8. The third-order valence-electron chi connectivity index (χ3n) is 6.16. The van der Waals surface area contributed by atoms with Crippen molar-refractivity contribution >= 4 is 23.5 Å². The predicted octanol–water partition coefficient (Wildman–Crippen LogP) is 3.07. The maximum absolute atomic E-state index is 14.8. The minimum absolute atomic E-state index is 0.00364. The Kier molecular flexibility index (Phi) is 5.99. The van der Waals surface area contributed by atoms with E-state index < -0.39 is 23.2 Å². The van der Waals surface area contributed by atoms with Gasteiger partial charge in [0.2, 0.25) is 5.91 Å². The van der Waals surface area contributed by atoms with Gasteiger partial charge in [0.25, 0.3) is 5.91 Å². The SMILES string of the molecule is CCOC(=O)c1cc2n(n1)C[C@](C)(C(=O)NC1CCCCC1)N(c1ccccc1F)C2=O. The Labute approximate surface area is 185 Å². The van der Waals surface area contributed by atoms with Crippen molar-refractivity contribution in [2.75, 3.05) is 11.5 Å². The van der Waals surface area contributed by atoms with Crippen LogP contribution in [0.2, 0.25) is 0 Å². The van der Waals surface area contributed by atoms with E-state index >= 15 is 0 Å².